The molecule has 1 saturated carbocycles. The van der Waals surface area contributed by atoms with Gasteiger partial charge in [-0.15, -0.1) is 0 Å². The third-order valence-electron chi connectivity index (χ3n) is 3.51. The second-order valence-electron chi connectivity index (χ2n) is 4.77. The molecule has 0 aliphatic heterocycles. The highest BCUT2D eigenvalue weighted by Gasteiger charge is 2.26. The lowest BCUT2D eigenvalue weighted by molar-refractivity contribution is 0.0942. The fraction of sp³-hybridized carbons (Fsp3) is 0.750. The average Bonchev–Trinajstić information content (AvgIpc) is 2.89. The van der Waals surface area contributed by atoms with Crippen molar-refractivity contribution in [2.24, 2.45) is 11.7 Å². The summed E-state index contributed by atoms with van der Waals surface area (Å²) >= 11 is 0. The summed E-state index contributed by atoms with van der Waals surface area (Å²) in [6.07, 6.45) is 4.22. The van der Waals surface area contributed by atoms with E-state index in [0.717, 1.165) is 32.2 Å². The van der Waals surface area contributed by atoms with E-state index < -0.39 is 0 Å². The first-order chi connectivity index (χ1) is 8.74. The average molecular weight is 252 g/mol. The zero-order valence-corrected chi connectivity index (χ0v) is 10.7. The maximum absolute atomic E-state index is 11.5. The number of nitrogens with zero attached hydrogens (tertiary/aromatic N) is 2. The molecule has 6 nitrogen and oxygen atoms in total. The number of rotatable bonds is 4. The maximum atomic E-state index is 11.5. The molecule has 1 aromatic rings. The van der Waals surface area contributed by atoms with Crippen LogP contribution in [-0.2, 0) is 0 Å². The van der Waals surface area contributed by atoms with Crippen LogP contribution in [0.4, 0.5) is 0 Å². The van der Waals surface area contributed by atoms with Gasteiger partial charge >= 0.3 is 0 Å². The first-order valence-corrected chi connectivity index (χ1v) is 6.56. The van der Waals surface area contributed by atoms with Gasteiger partial charge in [-0.25, -0.2) is 0 Å². The van der Waals surface area contributed by atoms with Crippen LogP contribution in [0, 0.1) is 5.92 Å². The highest BCUT2D eigenvalue weighted by molar-refractivity contribution is 5.90. The van der Waals surface area contributed by atoms with Crippen molar-refractivity contribution in [1.29, 1.82) is 0 Å². The van der Waals surface area contributed by atoms with Crippen LogP contribution < -0.4 is 11.1 Å². The van der Waals surface area contributed by atoms with Gasteiger partial charge in [0.05, 0.1) is 0 Å². The number of aromatic nitrogens is 2. The largest absolute Gasteiger partial charge is 0.349 e. The van der Waals surface area contributed by atoms with Gasteiger partial charge in [-0.1, -0.05) is 5.16 Å². The van der Waals surface area contributed by atoms with Gasteiger partial charge in [0, 0.05) is 12.5 Å². The molecule has 0 radical (unpaired) electrons. The molecule has 3 N–H and O–H groups in total. The molecular weight excluding hydrogens is 232 g/mol. The maximum Gasteiger partial charge on any atom is 0.292 e. The summed E-state index contributed by atoms with van der Waals surface area (Å²) in [5, 5.41) is 6.38. The molecule has 1 aliphatic rings. The van der Waals surface area contributed by atoms with Gasteiger partial charge in [-0.2, -0.15) is 4.98 Å². The highest BCUT2D eigenvalue weighted by Crippen LogP contribution is 2.34. The normalized spacial score (nSPS) is 23.9. The van der Waals surface area contributed by atoms with Crippen LogP contribution in [0.15, 0.2) is 4.52 Å². The Bertz CT molecular complexity index is 397. The molecule has 0 spiro atoms. The molecule has 100 valence electrons. The van der Waals surface area contributed by atoms with Crippen molar-refractivity contribution in [1.82, 2.24) is 15.5 Å². The molecule has 1 fully saturated rings. The summed E-state index contributed by atoms with van der Waals surface area (Å²) in [5.41, 5.74) is 5.66. The van der Waals surface area contributed by atoms with Crippen molar-refractivity contribution in [2.45, 2.75) is 38.5 Å². The summed E-state index contributed by atoms with van der Waals surface area (Å²) < 4.78 is 5.19. The molecular formula is C12H20N4O2. The van der Waals surface area contributed by atoms with E-state index in [2.05, 4.69) is 15.5 Å². The number of nitrogens with two attached hydrogens (primary N) is 1. The molecule has 0 saturated heterocycles. The Morgan fingerprint density at radius 1 is 1.44 bits per heavy atom. The van der Waals surface area contributed by atoms with Crippen LogP contribution >= 0.6 is 0 Å². The summed E-state index contributed by atoms with van der Waals surface area (Å²) in [5.74, 6) is 1.35. The third kappa shape index (κ3) is 2.87. The standard InChI is InChI=1S/C12H20N4O2/c1-2-14-11(17)10-15-12(18-16-10)9-5-3-8(7-13)4-6-9/h8-9H,2-7,13H2,1H3,(H,14,17). The minimum Gasteiger partial charge on any atom is -0.349 e. The van der Waals surface area contributed by atoms with Crippen molar-refractivity contribution in [3.63, 3.8) is 0 Å². The van der Waals surface area contributed by atoms with Crippen LogP contribution in [0.1, 0.15) is 55.0 Å². The Morgan fingerprint density at radius 2 is 2.17 bits per heavy atom. The summed E-state index contributed by atoms with van der Waals surface area (Å²) in [6.45, 7) is 3.16. The Balaban J connectivity index is 1.96. The SMILES string of the molecule is CCNC(=O)c1noc(C2CCC(CN)CC2)n1. The Labute approximate surface area is 106 Å². The van der Waals surface area contributed by atoms with E-state index in [1.165, 1.54) is 0 Å². The van der Waals surface area contributed by atoms with Crippen molar-refractivity contribution in [3.05, 3.63) is 11.7 Å². The molecule has 6 heteroatoms. The van der Waals surface area contributed by atoms with Gasteiger partial charge < -0.3 is 15.6 Å². The molecule has 1 heterocycles. The molecule has 1 aromatic heterocycles. The quantitative estimate of drug-likeness (QED) is 0.835. The van der Waals surface area contributed by atoms with E-state index in [4.69, 9.17) is 10.3 Å². The number of carbonyl (C=O) groups is 1. The fourth-order valence-corrected chi connectivity index (χ4v) is 2.38. The van der Waals surface area contributed by atoms with Gasteiger partial charge in [0.25, 0.3) is 11.7 Å². The highest BCUT2D eigenvalue weighted by atomic mass is 16.5. The molecule has 18 heavy (non-hydrogen) atoms. The van der Waals surface area contributed by atoms with Gasteiger partial charge in [-0.3, -0.25) is 4.79 Å². The minimum atomic E-state index is -0.275. The Hall–Kier alpha value is -1.43. The predicted octanol–water partition coefficient (Wildman–Crippen LogP) is 1.05. The topological polar surface area (TPSA) is 94.0 Å². The van der Waals surface area contributed by atoms with Crippen molar-refractivity contribution in [2.75, 3.05) is 13.1 Å². The summed E-state index contributed by atoms with van der Waals surface area (Å²) in [4.78, 5) is 15.7. The van der Waals surface area contributed by atoms with Gasteiger partial charge in [0.1, 0.15) is 0 Å². The number of amides is 1. The second kappa shape index (κ2) is 5.95. The van der Waals surface area contributed by atoms with E-state index in [9.17, 15) is 4.79 Å². The molecule has 0 aromatic carbocycles. The van der Waals surface area contributed by atoms with Crippen LogP contribution in [-0.4, -0.2) is 29.1 Å². The second-order valence-corrected chi connectivity index (χ2v) is 4.77. The van der Waals surface area contributed by atoms with E-state index >= 15 is 0 Å². The number of hydrogen-bond acceptors (Lipinski definition) is 5. The van der Waals surface area contributed by atoms with Crippen LogP contribution in [0.5, 0.6) is 0 Å². The van der Waals surface area contributed by atoms with E-state index in [1.807, 2.05) is 6.92 Å². The minimum absolute atomic E-state index is 0.132. The first-order valence-electron chi connectivity index (χ1n) is 6.56. The van der Waals surface area contributed by atoms with Crippen molar-refractivity contribution < 1.29 is 9.32 Å². The number of carbonyl (C=O) groups excluding carboxylic acids is 1. The number of hydrogen-bond donors (Lipinski definition) is 2. The van der Waals surface area contributed by atoms with E-state index in [1.54, 1.807) is 0 Å². The Kier molecular flexibility index (Phi) is 4.30. The van der Waals surface area contributed by atoms with Gasteiger partial charge in [0.15, 0.2) is 0 Å². The predicted molar refractivity (Wildman–Crippen MR) is 66.1 cm³/mol. The third-order valence-corrected chi connectivity index (χ3v) is 3.51. The smallest absolute Gasteiger partial charge is 0.292 e. The molecule has 0 atom stereocenters. The van der Waals surface area contributed by atoms with Crippen LogP contribution in [0.25, 0.3) is 0 Å². The lowest BCUT2D eigenvalue weighted by Crippen LogP contribution is -2.24. The van der Waals surface area contributed by atoms with Gasteiger partial charge in [-0.05, 0) is 45.1 Å². The fourth-order valence-electron chi connectivity index (χ4n) is 2.38. The first kappa shape index (κ1) is 13.0. The summed E-state index contributed by atoms with van der Waals surface area (Å²) in [7, 11) is 0. The van der Waals surface area contributed by atoms with Crippen molar-refractivity contribution in [3.8, 4) is 0 Å². The molecule has 1 aliphatic carbocycles. The molecule has 0 unspecified atom stereocenters. The van der Waals surface area contributed by atoms with Gasteiger partial charge in [0.2, 0.25) is 5.89 Å². The van der Waals surface area contributed by atoms with Crippen LogP contribution in [0.2, 0.25) is 0 Å². The molecule has 2 rings (SSSR count). The lowest BCUT2D eigenvalue weighted by atomic mass is 9.82. The monoisotopic (exact) mass is 252 g/mol. The van der Waals surface area contributed by atoms with E-state index in [0.29, 0.717) is 18.4 Å². The van der Waals surface area contributed by atoms with Crippen molar-refractivity contribution >= 4 is 5.91 Å². The zero-order chi connectivity index (χ0) is 13.0. The molecule has 1 amide bonds. The van der Waals surface area contributed by atoms with E-state index in [-0.39, 0.29) is 17.6 Å². The zero-order valence-electron chi connectivity index (χ0n) is 10.7. The molecule has 0 bridgehead atoms. The number of nitrogens with one attached hydrogen (secondary N) is 1. The lowest BCUT2D eigenvalue weighted by Gasteiger charge is -2.24. The summed E-state index contributed by atoms with van der Waals surface area (Å²) in [6, 6.07) is 0. The Morgan fingerprint density at radius 3 is 2.78 bits per heavy atom. The van der Waals surface area contributed by atoms with Crippen LogP contribution in [0.3, 0.4) is 0 Å².